The molecule has 31 heavy (non-hydrogen) atoms. The van der Waals surface area contributed by atoms with Crippen LogP contribution in [0.5, 0.6) is 5.75 Å². The molecule has 1 aromatic heterocycles. The maximum atomic E-state index is 13.3. The van der Waals surface area contributed by atoms with Crippen molar-refractivity contribution in [3.8, 4) is 11.4 Å². The first-order chi connectivity index (χ1) is 14.7. The highest BCUT2D eigenvalue weighted by Crippen LogP contribution is 2.45. The van der Waals surface area contributed by atoms with Crippen LogP contribution in [-0.2, 0) is 10.0 Å². The summed E-state index contributed by atoms with van der Waals surface area (Å²) in [6.45, 7) is 7.38. The van der Waals surface area contributed by atoms with Crippen LogP contribution in [0.2, 0.25) is 5.02 Å². The fourth-order valence-electron chi connectivity index (χ4n) is 3.47. The summed E-state index contributed by atoms with van der Waals surface area (Å²) >= 11 is 6.09. The summed E-state index contributed by atoms with van der Waals surface area (Å²) in [5.41, 5.74) is 0.840. The number of hydrogen-bond donors (Lipinski definition) is 0. The number of aromatic nitrogens is 2. The lowest BCUT2D eigenvalue weighted by Crippen LogP contribution is -2.48. The minimum absolute atomic E-state index is 0.0879. The van der Waals surface area contributed by atoms with Crippen LogP contribution in [0.1, 0.15) is 19.8 Å². The molecule has 0 radical (unpaired) electrons. The smallest absolute Gasteiger partial charge is 0.316 e. The van der Waals surface area contributed by atoms with Gasteiger partial charge in [-0.2, -0.15) is 14.1 Å². The van der Waals surface area contributed by atoms with Crippen molar-refractivity contribution in [2.24, 2.45) is 5.41 Å². The summed E-state index contributed by atoms with van der Waals surface area (Å²) in [5, 5.41) is 5.81. The highest BCUT2D eigenvalue weighted by molar-refractivity contribution is 7.92. The molecule has 1 saturated heterocycles. The Balaban J connectivity index is 1.66. The Labute approximate surface area is 186 Å². The van der Waals surface area contributed by atoms with Gasteiger partial charge in [-0.3, -0.25) is 4.79 Å². The Kier molecular flexibility index (Phi) is 5.85. The van der Waals surface area contributed by atoms with Crippen molar-refractivity contribution in [3.05, 3.63) is 57.8 Å². The first-order valence-corrected chi connectivity index (χ1v) is 12.0. The molecule has 1 aromatic carbocycles. The molecule has 0 N–H and O–H groups in total. The van der Waals surface area contributed by atoms with Crippen molar-refractivity contribution in [3.63, 3.8) is 0 Å². The normalized spacial score (nSPS) is 18.6. The zero-order chi connectivity index (χ0) is 22.2. The lowest BCUT2D eigenvalue weighted by atomic mass is 10.2. The molecule has 0 spiro atoms. The zero-order valence-electron chi connectivity index (χ0n) is 17.3. The average molecular weight is 465 g/mol. The van der Waals surface area contributed by atoms with Gasteiger partial charge in [0.25, 0.3) is 0 Å². The molecule has 166 valence electrons. The van der Waals surface area contributed by atoms with Gasteiger partial charge in [-0.25, -0.2) is 8.42 Å². The summed E-state index contributed by atoms with van der Waals surface area (Å²) in [6, 6.07) is 6.91. The van der Waals surface area contributed by atoms with E-state index in [1.165, 1.54) is 8.99 Å². The number of sulfonamides is 1. The summed E-state index contributed by atoms with van der Waals surface area (Å²) < 4.78 is 32.8. The lowest BCUT2D eigenvalue weighted by molar-refractivity contribution is 0.242. The van der Waals surface area contributed by atoms with Crippen molar-refractivity contribution in [2.45, 2.75) is 19.8 Å². The zero-order valence-corrected chi connectivity index (χ0v) is 18.9. The van der Waals surface area contributed by atoms with E-state index in [1.807, 2.05) is 4.90 Å². The number of nitrogens with zero attached hydrogens (tertiary/aromatic N) is 4. The molecule has 4 rings (SSSR count). The maximum absolute atomic E-state index is 13.3. The van der Waals surface area contributed by atoms with Crippen LogP contribution >= 0.6 is 11.6 Å². The predicted octanol–water partition coefficient (Wildman–Crippen LogP) is 2.66. The third kappa shape index (κ3) is 4.63. The standard InChI is InChI=1S/C21H25ClN4O4S/c1-3-31(28,29)25-11-9-24(10-12-25)18-14-23-26(17-6-4-5-16(22)13-17)20(27)19(18)30-15-21(2)7-8-21/h3-6,13-14H,1,7-12,15H2,2H3. The summed E-state index contributed by atoms with van der Waals surface area (Å²) in [7, 11) is -3.47. The Bertz CT molecular complexity index is 1150. The second-order valence-electron chi connectivity index (χ2n) is 8.25. The first kappa shape index (κ1) is 21.9. The number of ether oxygens (including phenoxy) is 1. The van der Waals surface area contributed by atoms with Crippen LogP contribution in [0.4, 0.5) is 5.69 Å². The number of piperazine rings is 1. The van der Waals surface area contributed by atoms with E-state index < -0.39 is 10.0 Å². The molecule has 1 aliphatic carbocycles. The molecule has 0 unspecified atom stereocenters. The van der Waals surface area contributed by atoms with Crippen LogP contribution in [0, 0.1) is 5.41 Å². The van der Waals surface area contributed by atoms with E-state index in [9.17, 15) is 13.2 Å². The molecule has 8 nitrogen and oxygen atoms in total. The number of rotatable bonds is 7. The van der Waals surface area contributed by atoms with Gasteiger partial charge in [0.05, 0.1) is 18.5 Å². The first-order valence-electron chi connectivity index (χ1n) is 10.1. The SMILES string of the molecule is C=CS(=O)(=O)N1CCN(c2cnn(-c3cccc(Cl)c3)c(=O)c2OCC2(C)CC2)CC1. The van der Waals surface area contributed by atoms with Gasteiger partial charge in [0.2, 0.25) is 15.8 Å². The Morgan fingerprint density at radius 1 is 1.26 bits per heavy atom. The van der Waals surface area contributed by atoms with Crippen molar-refractivity contribution < 1.29 is 13.2 Å². The molecule has 2 aliphatic rings. The predicted molar refractivity (Wildman–Crippen MR) is 121 cm³/mol. The molecule has 2 aromatic rings. The topological polar surface area (TPSA) is 84.7 Å². The lowest BCUT2D eigenvalue weighted by Gasteiger charge is -2.35. The monoisotopic (exact) mass is 464 g/mol. The Morgan fingerprint density at radius 2 is 1.97 bits per heavy atom. The van der Waals surface area contributed by atoms with Gasteiger partial charge in [0.15, 0.2) is 0 Å². The third-order valence-electron chi connectivity index (χ3n) is 5.79. The summed E-state index contributed by atoms with van der Waals surface area (Å²) in [6.07, 6.45) is 3.73. The molecule has 0 bridgehead atoms. The minimum Gasteiger partial charge on any atom is -0.486 e. The van der Waals surface area contributed by atoms with Crippen molar-refractivity contribution in [1.29, 1.82) is 0 Å². The fraction of sp³-hybridized carbons (Fsp3) is 0.429. The third-order valence-corrected chi connectivity index (χ3v) is 7.53. The van der Waals surface area contributed by atoms with Crippen molar-refractivity contribution in [1.82, 2.24) is 14.1 Å². The number of benzene rings is 1. The summed E-state index contributed by atoms with van der Waals surface area (Å²) in [5.74, 6) is 0.225. The highest BCUT2D eigenvalue weighted by atomic mass is 35.5. The fourth-order valence-corrected chi connectivity index (χ4v) is 4.54. The molecule has 2 heterocycles. The molecule has 1 saturated carbocycles. The quantitative estimate of drug-likeness (QED) is 0.626. The van der Waals surface area contributed by atoms with Crippen LogP contribution in [-0.4, -0.2) is 55.3 Å². The van der Waals surface area contributed by atoms with Gasteiger partial charge in [-0.15, -0.1) is 0 Å². The second kappa shape index (κ2) is 8.29. The van der Waals surface area contributed by atoms with Gasteiger partial charge in [-0.1, -0.05) is 31.2 Å². The molecule has 0 amide bonds. The Morgan fingerprint density at radius 3 is 2.58 bits per heavy atom. The van der Waals surface area contributed by atoms with Gasteiger partial charge in [0, 0.05) is 42.0 Å². The van der Waals surface area contributed by atoms with Gasteiger partial charge >= 0.3 is 5.56 Å². The van der Waals surface area contributed by atoms with E-state index in [0.29, 0.717) is 49.2 Å². The van der Waals surface area contributed by atoms with E-state index in [-0.39, 0.29) is 16.7 Å². The van der Waals surface area contributed by atoms with E-state index >= 15 is 0 Å². The molecule has 2 fully saturated rings. The summed E-state index contributed by atoms with van der Waals surface area (Å²) in [4.78, 5) is 15.3. The molecule has 1 aliphatic heterocycles. The molecular formula is C21H25ClN4O4S. The van der Waals surface area contributed by atoms with Gasteiger partial charge in [0.1, 0.15) is 5.69 Å². The van der Waals surface area contributed by atoms with Crippen LogP contribution in [0.25, 0.3) is 5.69 Å². The second-order valence-corrected chi connectivity index (χ2v) is 10.6. The Hall–Kier alpha value is -2.36. The number of hydrogen-bond acceptors (Lipinski definition) is 6. The van der Waals surface area contributed by atoms with Gasteiger partial charge < -0.3 is 9.64 Å². The number of halogens is 1. The van der Waals surface area contributed by atoms with Crippen LogP contribution < -0.4 is 15.2 Å². The van der Waals surface area contributed by atoms with Crippen molar-refractivity contribution >= 4 is 27.3 Å². The van der Waals surface area contributed by atoms with Crippen molar-refractivity contribution in [2.75, 3.05) is 37.7 Å². The molecular weight excluding hydrogens is 440 g/mol. The maximum Gasteiger partial charge on any atom is 0.316 e. The highest BCUT2D eigenvalue weighted by Gasteiger charge is 2.39. The van der Waals surface area contributed by atoms with Crippen LogP contribution in [0.15, 0.2) is 47.2 Å². The van der Waals surface area contributed by atoms with E-state index in [1.54, 1.807) is 30.5 Å². The minimum atomic E-state index is -3.47. The van der Waals surface area contributed by atoms with E-state index in [0.717, 1.165) is 18.2 Å². The average Bonchev–Trinajstić information content (AvgIpc) is 3.50. The number of anilines is 1. The largest absolute Gasteiger partial charge is 0.486 e. The van der Waals surface area contributed by atoms with E-state index in [4.69, 9.17) is 16.3 Å². The van der Waals surface area contributed by atoms with Gasteiger partial charge in [-0.05, 0) is 31.0 Å². The van der Waals surface area contributed by atoms with Crippen LogP contribution in [0.3, 0.4) is 0 Å². The molecule has 10 heteroatoms. The van der Waals surface area contributed by atoms with E-state index in [2.05, 4.69) is 18.6 Å². The molecule has 0 atom stereocenters.